The first-order chi connectivity index (χ1) is 9.33. The van der Waals surface area contributed by atoms with Crippen molar-refractivity contribution in [2.45, 2.75) is 51.6 Å². The fraction of sp³-hybridized carbons (Fsp3) is 0.750. The predicted octanol–water partition coefficient (Wildman–Crippen LogP) is 3.27. The van der Waals surface area contributed by atoms with Gasteiger partial charge in [0.25, 0.3) is 0 Å². The lowest BCUT2D eigenvalue weighted by molar-refractivity contribution is 0.176. The van der Waals surface area contributed by atoms with Gasteiger partial charge >= 0.3 is 0 Å². The Morgan fingerprint density at radius 3 is 2.53 bits per heavy atom. The molecule has 0 spiro atoms. The predicted molar refractivity (Wildman–Crippen MR) is 82.7 cm³/mol. The van der Waals surface area contributed by atoms with Gasteiger partial charge in [0.2, 0.25) is 0 Å². The summed E-state index contributed by atoms with van der Waals surface area (Å²) in [6.45, 7) is 7.26. The van der Waals surface area contributed by atoms with Crippen molar-refractivity contribution in [3.05, 3.63) is 21.9 Å². The number of likely N-dealkylation sites (tertiary alicyclic amines) is 1. The van der Waals surface area contributed by atoms with Gasteiger partial charge in [-0.2, -0.15) is 0 Å². The Balaban J connectivity index is 1.39. The molecule has 1 aliphatic carbocycles. The molecular weight excluding hydrogens is 252 g/mol. The molecule has 1 aromatic heterocycles. The molecule has 1 aromatic rings. The number of piperidine rings is 1. The van der Waals surface area contributed by atoms with Crippen LogP contribution in [0.5, 0.6) is 0 Å². The maximum atomic E-state index is 3.69. The molecule has 0 atom stereocenters. The van der Waals surface area contributed by atoms with Crippen molar-refractivity contribution in [2.24, 2.45) is 5.92 Å². The van der Waals surface area contributed by atoms with E-state index in [0.29, 0.717) is 0 Å². The monoisotopic (exact) mass is 278 g/mol. The van der Waals surface area contributed by atoms with Crippen LogP contribution in [0.4, 0.5) is 0 Å². The zero-order valence-corrected chi connectivity index (χ0v) is 12.8. The lowest BCUT2D eigenvalue weighted by Gasteiger charge is -2.31. The standard InChI is InChI=1S/C16H26N2S/c1-2-15-5-6-16(19-15)12-18-9-7-13(8-10-18)11-17-14-3-4-14/h5-6,13-14,17H,2-4,7-12H2,1H3. The average Bonchev–Trinajstić information content (AvgIpc) is 3.17. The fourth-order valence-corrected chi connectivity index (χ4v) is 3.89. The van der Waals surface area contributed by atoms with Gasteiger partial charge in [-0.3, -0.25) is 4.90 Å². The third kappa shape index (κ3) is 4.04. The second-order valence-corrected chi connectivity index (χ2v) is 7.38. The molecule has 0 amide bonds. The van der Waals surface area contributed by atoms with Crippen molar-refractivity contribution in [1.82, 2.24) is 10.2 Å². The fourth-order valence-electron chi connectivity index (χ4n) is 2.89. The third-order valence-corrected chi connectivity index (χ3v) is 5.64. The summed E-state index contributed by atoms with van der Waals surface area (Å²) in [5, 5.41) is 3.69. The van der Waals surface area contributed by atoms with Crippen LogP contribution in [0.2, 0.25) is 0 Å². The van der Waals surface area contributed by atoms with Crippen LogP contribution in [0.25, 0.3) is 0 Å². The first-order valence-corrected chi connectivity index (χ1v) is 8.68. The molecule has 1 saturated heterocycles. The van der Waals surface area contributed by atoms with E-state index in [-0.39, 0.29) is 0 Å². The molecule has 1 saturated carbocycles. The largest absolute Gasteiger partial charge is 0.314 e. The van der Waals surface area contributed by atoms with Crippen LogP contribution in [0.1, 0.15) is 42.4 Å². The molecular formula is C16H26N2S. The van der Waals surface area contributed by atoms with Crippen molar-refractivity contribution in [2.75, 3.05) is 19.6 Å². The van der Waals surface area contributed by atoms with Gasteiger partial charge in [0.1, 0.15) is 0 Å². The van der Waals surface area contributed by atoms with Gasteiger partial charge in [-0.25, -0.2) is 0 Å². The summed E-state index contributed by atoms with van der Waals surface area (Å²) in [5.41, 5.74) is 0. The molecule has 0 bridgehead atoms. The molecule has 3 heteroatoms. The van der Waals surface area contributed by atoms with Gasteiger partial charge in [0.05, 0.1) is 0 Å². The van der Waals surface area contributed by atoms with E-state index in [1.807, 2.05) is 11.3 Å². The average molecular weight is 278 g/mol. The van der Waals surface area contributed by atoms with E-state index < -0.39 is 0 Å². The van der Waals surface area contributed by atoms with E-state index in [1.165, 1.54) is 63.2 Å². The van der Waals surface area contributed by atoms with E-state index in [9.17, 15) is 0 Å². The second kappa shape index (κ2) is 6.38. The topological polar surface area (TPSA) is 15.3 Å². The molecule has 1 aliphatic heterocycles. The Hall–Kier alpha value is -0.380. The number of nitrogens with zero attached hydrogens (tertiary/aromatic N) is 1. The number of hydrogen-bond donors (Lipinski definition) is 1. The lowest BCUT2D eigenvalue weighted by atomic mass is 9.97. The second-order valence-electron chi connectivity index (χ2n) is 6.12. The molecule has 0 unspecified atom stereocenters. The van der Waals surface area contributed by atoms with E-state index in [0.717, 1.165) is 12.0 Å². The van der Waals surface area contributed by atoms with Gasteiger partial charge in [0.15, 0.2) is 0 Å². The summed E-state index contributed by atoms with van der Waals surface area (Å²) in [4.78, 5) is 5.71. The molecule has 2 nitrogen and oxygen atoms in total. The van der Waals surface area contributed by atoms with Gasteiger partial charge in [0, 0.05) is 22.3 Å². The number of thiophene rings is 1. The maximum Gasteiger partial charge on any atom is 0.0328 e. The minimum Gasteiger partial charge on any atom is -0.314 e. The molecule has 2 heterocycles. The minimum atomic E-state index is 0.872. The van der Waals surface area contributed by atoms with E-state index in [1.54, 1.807) is 4.88 Å². The Morgan fingerprint density at radius 2 is 1.89 bits per heavy atom. The Morgan fingerprint density at radius 1 is 1.16 bits per heavy atom. The van der Waals surface area contributed by atoms with Gasteiger partial charge in [-0.15, -0.1) is 11.3 Å². The zero-order chi connectivity index (χ0) is 13.1. The first kappa shape index (κ1) is 13.6. The highest BCUT2D eigenvalue weighted by Crippen LogP contribution is 2.24. The van der Waals surface area contributed by atoms with Crippen molar-refractivity contribution >= 4 is 11.3 Å². The van der Waals surface area contributed by atoms with Crippen molar-refractivity contribution < 1.29 is 0 Å². The highest BCUT2D eigenvalue weighted by molar-refractivity contribution is 7.11. The summed E-state index contributed by atoms with van der Waals surface area (Å²) in [7, 11) is 0. The first-order valence-electron chi connectivity index (χ1n) is 7.87. The van der Waals surface area contributed by atoms with Gasteiger partial charge < -0.3 is 5.32 Å². The Labute approximate surface area is 121 Å². The normalized spacial score (nSPS) is 21.9. The molecule has 3 rings (SSSR count). The van der Waals surface area contributed by atoms with Crippen molar-refractivity contribution in [1.29, 1.82) is 0 Å². The number of rotatable bonds is 6. The van der Waals surface area contributed by atoms with E-state index >= 15 is 0 Å². The molecule has 106 valence electrons. The molecule has 0 radical (unpaired) electrons. The van der Waals surface area contributed by atoms with Crippen LogP contribution < -0.4 is 5.32 Å². The molecule has 0 aromatic carbocycles. The third-order valence-electron chi connectivity index (χ3n) is 4.42. The van der Waals surface area contributed by atoms with Gasteiger partial charge in [-0.1, -0.05) is 6.92 Å². The summed E-state index contributed by atoms with van der Waals surface area (Å²) in [6, 6.07) is 5.49. The quantitative estimate of drug-likeness (QED) is 0.859. The Bertz CT molecular complexity index is 389. The van der Waals surface area contributed by atoms with E-state index in [4.69, 9.17) is 0 Å². The van der Waals surface area contributed by atoms with Crippen molar-refractivity contribution in [3.63, 3.8) is 0 Å². The lowest BCUT2D eigenvalue weighted by Crippen LogP contribution is -2.37. The SMILES string of the molecule is CCc1ccc(CN2CCC(CNC3CC3)CC2)s1. The summed E-state index contributed by atoms with van der Waals surface area (Å²) in [5.74, 6) is 0.923. The molecule has 1 N–H and O–H groups in total. The molecule has 2 aliphatic rings. The van der Waals surface area contributed by atoms with Crippen LogP contribution in [0.15, 0.2) is 12.1 Å². The minimum absolute atomic E-state index is 0.872. The Kier molecular flexibility index (Phi) is 4.57. The summed E-state index contributed by atoms with van der Waals surface area (Å²) < 4.78 is 0. The number of nitrogens with one attached hydrogen (secondary N) is 1. The molecule has 2 fully saturated rings. The summed E-state index contributed by atoms with van der Waals surface area (Å²) in [6.07, 6.45) is 6.77. The van der Waals surface area contributed by atoms with Gasteiger partial charge in [-0.05, 0) is 69.8 Å². The van der Waals surface area contributed by atoms with Crippen LogP contribution in [-0.4, -0.2) is 30.6 Å². The van der Waals surface area contributed by atoms with E-state index in [2.05, 4.69) is 29.3 Å². The zero-order valence-electron chi connectivity index (χ0n) is 12.0. The smallest absolute Gasteiger partial charge is 0.0328 e. The van der Waals surface area contributed by atoms with Crippen molar-refractivity contribution in [3.8, 4) is 0 Å². The highest BCUT2D eigenvalue weighted by Gasteiger charge is 2.24. The van der Waals surface area contributed by atoms with Crippen LogP contribution in [0, 0.1) is 5.92 Å². The van der Waals surface area contributed by atoms with Crippen LogP contribution >= 0.6 is 11.3 Å². The highest BCUT2D eigenvalue weighted by atomic mass is 32.1. The van der Waals surface area contributed by atoms with Crippen LogP contribution in [0.3, 0.4) is 0 Å². The number of aryl methyl sites for hydroxylation is 1. The van der Waals surface area contributed by atoms with Crippen LogP contribution in [-0.2, 0) is 13.0 Å². The number of hydrogen-bond acceptors (Lipinski definition) is 3. The molecule has 19 heavy (non-hydrogen) atoms. The maximum absolute atomic E-state index is 3.69. The summed E-state index contributed by atoms with van der Waals surface area (Å²) >= 11 is 2.00.